The van der Waals surface area contributed by atoms with Crippen molar-refractivity contribution in [3.8, 4) is 6.07 Å². The zero-order valence-corrected chi connectivity index (χ0v) is 8.90. The number of nitriles is 1. The molecule has 0 fully saturated rings. The highest BCUT2D eigenvalue weighted by atomic mass is 16.3. The minimum absolute atomic E-state index is 0.0238. The fourth-order valence-corrected chi connectivity index (χ4v) is 1.46. The van der Waals surface area contributed by atoms with E-state index in [1.54, 1.807) is 12.3 Å². The van der Waals surface area contributed by atoms with E-state index in [1.165, 1.54) is 0 Å². The number of hydrogen-bond donors (Lipinski definition) is 0. The van der Waals surface area contributed by atoms with Gasteiger partial charge in [-0.05, 0) is 18.6 Å². The Morgan fingerprint density at radius 1 is 1.67 bits per heavy atom. The van der Waals surface area contributed by atoms with Crippen LogP contribution < -0.4 is 0 Å². The van der Waals surface area contributed by atoms with Crippen LogP contribution in [0, 0.1) is 17.2 Å². The molecule has 1 heterocycles. The summed E-state index contributed by atoms with van der Waals surface area (Å²) in [5.74, 6) is 0.386. The van der Waals surface area contributed by atoms with Crippen molar-refractivity contribution in [2.45, 2.75) is 32.6 Å². The molecule has 0 aliphatic rings. The number of aryl methyl sites for hydroxylation is 1. The van der Waals surface area contributed by atoms with E-state index in [4.69, 9.17) is 9.68 Å². The number of rotatable bonds is 6. The highest BCUT2D eigenvalue weighted by molar-refractivity contribution is 5.83. The van der Waals surface area contributed by atoms with E-state index in [-0.39, 0.29) is 5.78 Å². The fourth-order valence-electron chi connectivity index (χ4n) is 1.46. The van der Waals surface area contributed by atoms with Gasteiger partial charge in [-0.15, -0.1) is 0 Å². The topological polar surface area (TPSA) is 54.0 Å². The first-order valence-electron chi connectivity index (χ1n) is 5.22. The number of nitrogens with zero attached hydrogens (tertiary/aromatic N) is 1. The third-order valence-electron chi connectivity index (χ3n) is 2.32. The third-order valence-corrected chi connectivity index (χ3v) is 2.32. The minimum Gasteiger partial charge on any atom is -0.469 e. The van der Waals surface area contributed by atoms with Crippen LogP contribution in [0.2, 0.25) is 0 Å². The van der Waals surface area contributed by atoms with Crippen molar-refractivity contribution in [1.82, 2.24) is 0 Å². The molecule has 0 saturated heterocycles. The Morgan fingerprint density at radius 2 is 2.47 bits per heavy atom. The van der Waals surface area contributed by atoms with Crippen molar-refractivity contribution in [2.75, 3.05) is 0 Å². The number of carbonyl (C=O) groups is 1. The predicted molar refractivity (Wildman–Crippen MR) is 56.0 cm³/mol. The Bertz CT molecular complexity index is 335. The molecule has 0 radical (unpaired) electrons. The molecule has 0 aliphatic carbocycles. The largest absolute Gasteiger partial charge is 0.469 e. The highest BCUT2D eigenvalue weighted by Crippen LogP contribution is 2.11. The minimum atomic E-state index is -0.440. The number of furan rings is 1. The van der Waals surface area contributed by atoms with Gasteiger partial charge in [-0.1, -0.05) is 13.3 Å². The van der Waals surface area contributed by atoms with Crippen LogP contribution in [0.3, 0.4) is 0 Å². The van der Waals surface area contributed by atoms with E-state index < -0.39 is 5.92 Å². The molecule has 1 atom stereocenters. The van der Waals surface area contributed by atoms with Crippen molar-refractivity contribution >= 4 is 5.78 Å². The first-order valence-corrected chi connectivity index (χ1v) is 5.22. The van der Waals surface area contributed by atoms with Crippen molar-refractivity contribution in [3.63, 3.8) is 0 Å². The van der Waals surface area contributed by atoms with E-state index in [0.717, 1.165) is 12.2 Å². The Kier molecular flexibility index (Phi) is 4.62. The molecule has 1 rings (SSSR count). The number of Topliss-reactive ketones (excluding diaryl/α,β-unsaturated/α-hetero) is 1. The predicted octanol–water partition coefficient (Wildman–Crippen LogP) is 2.72. The van der Waals surface area contributed by atoms with Crippen molar-refractivity contribution in [2.24, 2.45) is 5.92 Å². The first-order chi connectivity index (χ1) is 7.27. The summed E-state index contributed by atoms with van der Waals surface area (Å²) in [7, 11) is 0. The molecule has 0 aliphatic heterocycles. The van der Waals surface area contributed by atoms with E-state index >= 15 is 0 Å². The molecule has 3 nitrogen and oxygen atoms in total. The average Bonchev–Trinajstić information content (AvgIpc) is 2.75. The van der Waals surface area contributed by atoms with Gasteiger partial charge < -0.3 is 4.42 Å². The van der Waals surface area contributed by atoms with Crippen LogP contribution in [0.1, 0.15) is 31.9 Å². The Hall–Kier alpha value is -1.56. The lowest BCUT2D eigenvalue weighted by molar-refractivity contribution is -0.121. The van der Waals surface area contributed by atoms with Gasteiger partial charge in [0, 0.05) is 12.8 Å². The summed E-state index contributed by atoms with van der Waals surface area (Å²) in [6.07, 6.45) is 4.10. The van der Waals surface area contributed by atoms with Crippen molar-refractivity contribution in [1.29, 1.82) is 5.26 Å². The molecule has 0 saturated carbocycles. The van der Waals surface area contributed by atoms with E-state index in [1.807, 2.05) is 13.0 Å². The van der Waals surface area contributed by atoms with Gasteiger partial charge in [0.05, 0.1) is 12.3 Å². The van der Waals surface area contributed by atoms with Gasteiger partial charge in [0.15, 0.2) is 0 Å². The molecular formula is C12H15NO2. The van der Waals surface area contributed by atoms with Gasteiger partial charge in [-0.3, -0.25) is 4.79 Å². The summed E-state index contributed by atoms with van der Waals surface area (Å²) in [5, 5.41) is 8.79. The van der Waals surface area contributed by atoms with Gasteiger partial charge in [0.2, 0.25) is 0 Å². The van der Waals surface area contributed by atoms with Crippen LogP contribution in [0.15, 0.2) is 22.8 Å². The standard InChI is InChI=1S/C12H15NO2/c1-2-4-10(9-13)12(14)7-6-11-5-3-8-15-11/h3,5,8,10H,2,4,6-7H2,1H3. The van der Waals surface area contributed by atoms with E-state index in [0.29, 0.717) is 19.3 Å². The van der Waals surface area contributed by atoms with E-state index in [2.05, 4.69) is 6.07 Å². The maximum Gasteiger partial charge on any atom is 0.150 e. The Morgan fingerprint density at radius 3 is 3.00 bits per heavy atom. The molecule has 80 valence electrons. The summed E-state index contributed by atoms with van der Waals surface area (Å²) in [5.41, 5.74) is 0. The van der Waals surface area contributed by atoms with Crippen LogP contribution in [0.4, 0.5) is 0 Å². The monoisotopic (exact) mass is 205 g/mol. The number of carbonyl (C=O) groups excluding carboxylic acids is 1. The molecule has 0 spiro atoms. The van der Waals surface area contributed by atoms with Crippen LogP contribution in [-0.2, 0) is 11.2 Å². The lowest BCUT2D eigenvalue weighted by atomic mass is 9.97. The second kappa shape index (κ2) is 6.02. The molecule has 3 heteroatoms. The summed E-state index contributed by atoms with van der Waals surface area (Å²) in [4.78, 5) is 11.6. The average molecular weight is 205 g/mol. The summed E-state index contributed by atoms with van der Waals surface area (Å²) in [6.45, 7) is 1.98. The molecule has 0 amide bonds. The lowest BCUT2D eigenvalue weighted by Crippen LogP contribution is -2.12. The van der Waals surface area contributed by atoms with Crippen LogP contribution in [0.25, 0.3) is 0 Å². The highest BCUT2D eigenvalue weighted by Gasteiger charge is 2.16. The van der Waals surface area contributed by atoms with Crippen molar-refractivity contribution in [3.05, 3.63) is 24.2 Å². The zero-order valence-electron chi connectivity index (χ0n) is 8.90. The summed E-state index contributed by atoms with van der Waals surface area (Å²) in [6, 6.07) is 5.69. The maximum atomic E-state index is 11.6. The number of ketones is 1. The molecule has 1 aromatic heterocycles. The second-order valence-corrected chi connectivity index (χ2v) is 3.52. The van der Waals surface area contributed by atoms with Gasteiger partial charge in [0.1, 0.15) is 17.5 Å². The molecule has 0 N–H and O–H groups in total. The molecule has 1 unspecified atom stereocenters. The quantitative estimate of drug-likeness (QED) is 0.717. The normalized spacial score (nSPS) is 12.0. The first kappa shape index (κ1) is 11.5. The summed E-state index contributed by atoms with van der Waals surface area (Å²) >= 11 is 0. The van der Waals surface area contributed by atoms with Gasteiger partial charge >= 0.3 is 0 Å². The van der Waals surface area contributed by atoms with Gasteiger partial charge in [0.25, 0.3) is 0 Å². The van der Waals surface area contributed by atoms with Gasteiger partial charge in [-0.2, -0.15) is 5.26 Å². The van der Waals surface area contributed by atoms with Gasteiger partial charge in [-0.25, -0.2) is 0 Å². The number of hydrogen-bond acceptors (Lipinski definition) is 3. The molecule has 0 bridgehead atoms. The smallest absolute Gasteiger partial charge is 0.150 e. The zero-order chi connectivity index (χ0) is 11.1. The third kappa shape index (κ3) is 3.59. The van der Waals surface area contributed by atoms with Crippen molar-refractivity contribution < 1.29 is 9.21 Å². The molecular weight excluding hydrogens is 190 g/mol. The fraction of sp³-hybridized carbons (Fsp3) is 0.500. The maximum absolute atomic E-state index is 11.6. The lowest BCUT2D eigenvalue weighted by Gasteiger charge is -2.04. The SMILES string of the molecule is CCCC(C#N)C(=O)CCc1ccco1. The van der Waals surface area contributed by atoms with Crippen LogP contribution in [-0.4, -0.2) is 5.78 Å². The van der Waals surface area contributed by atoms with Crippen LogP contribution in [0.5, 0.6) is 0 Å². The van der Waals surface area contributed by atoms with E-state index in [9.17, 15) is 4.79 Å². The molecule has 0 aromatic carbocycles. The Balaban J connectivity index is 2.38. The molecule has 1 aromatic rings. The van der Waals surface area contributed by atoms with Crippen LogP contribution >= 0.6 is 0 Å². The summed E-state index contributed by atoms with van der Waals surface area (Å²) < 4.78 is 5.12. The second-order valence-electron chi connectivity index (χ2n) is 3.52. The Labute approximate surface area is 89.7 Å². The molecule has 15 heavy (non-hydrogen) atoms.